The zero-order valence-corrected chi connectivity index (χ0v) is 22.7. The first kappa shape index (κ1) is 29.2. The van der Waals surface area contributed by atoms with Crippen molar-refractivity contribution in [2.75, 3.05) is 19.8 Å². The van der Waals surface area contributed by atoms with Crippen molar-refractivity contribution >= 4 is 23.4 Å². The molecule has 0 unspecified atom stereocenters. The van der Waals surface area contributed by atoms with Gasteiger partial charge in [-0.25, -0.2) is 4.98 Å². The van der Waals surface area contributed by atoms with Crippen LogP contribution in [0.1, 0.15) is 54.5 Å². The second kappa shape index (κ2) is 13.9. The number of ether oxygens (including phenoxy) is 1. The molecule has 0 fully saturated rings. The molecule has 0 saturated carbocycles. The zero-order valence-electron chi connectivity index (χ0n) is 21.9. The maximum atomic E-state index is 12.9. The van der Waals surface area contributed by atoms with Crippen LogP contribution in [0.15, 0.2) is 48.7 Å². The number of imidazole rings is 1. The molecule has 0 bridgehead atoms. The van der Waals surface area contributed by atoms with E-state index in [4.69, 9.17) is 16.3 Å². The molecule has 0 aliphatic rings. The Morgan fingerprint density at radius 3 is 2.47 bits per heavy atom. The highest BCUT2D eigenvalue weighted by molar-refractivity contribution is 6.32. The Balaban J connectivity index is 1.68. The topological polar surface area (TPSA) is 126 Å². The van der Waals surface area contributed by atoms with Gasteiger partial charge in [-0.2, -0.15) is 0 Å². The van der Waals surface area contributed by atoms with Gasteiger partial charge in [0.25, 0.3) is 5.91 Å². The van der Waals surface area contributed by atoms with Crippen molar-refractivity contribution in [3.8, 4) is 17.0 Å². The number of nitrogens with zero attached hydrogens (tertiary/aromatic N) is 2. The van der Waals surface area contributed by atoms with Crippen LogP contribution in [-0.2, 0) is 18.3 Å². The molecule has 1 aromatic heterocycles. The third kappa shape index (κ3) is 7.80. The van der Waals surface area contributed by atoms with Gasteiger partial charge >= 0.3 is 0 Å². The number of hydrogen-bond donors (Lipinski definition) is 4. The van der Waals surface area contributed by atoms with E-state index >= 15 is 0 Å². The Hall–Kier alpha value is -3.40. The average Bonchev–Trinajstić information content (AvgIpc) is 3.28. The van der Waals surface area contributed by atoms with E-state index in [1.54, 1.807) is 22.8 Å². The van der Waals surface area contributed by atoms with E-state index in [1.807, 2.05) is 44.4 Å². The van der Waals surface area contributed by atoms with Gasteiger partial charge in [0.1, 0.15) is 17.6 Å². The van der Waals surface area contributed by atoms with E-state index in [-0.39, 0.29) is 31.1 Å². The molecular formula is C28H35ClN4O5. The lowest BCUT2D eigenvalue weighted by atomic mass is 10.0. The van der Waals surface area contributed by atoms with Crippen LogP contribution >= 0.6 is 11.6 Å². The Bertz CT molecular complexity index is 1230. The molecule has 0 aliphatic carbocycles. The highest BCUT2D eigenvalue weighted by Gasteiger charge is 2.19. The van der Waals surface area contributed by atoms with Crippen LogP contribution in [0.4, 0.5) is 0 Å². The summed E-state index contributed by atoms with van der Waals surface area (Å²) < 4.78 is 7.35. The standard InChI is InChI=1S/C28H35ClN4O5/c1-4-13-38-26-10-9-21(15-23(26)29)28(37)31-22(11-12-34)14-19-5-7-20(8-6-19)24-16-33(3)27(32-24)25(17-35)30-18(2)36/h5-10,15-16,22,25,34-35H,4,11-14,17H2,1-3H3,(H,30,36)(H,31,37)/t22-,25+/m1/s1. The van der Waals surface area contributed by atoms with Gasteiger partial charge < -0.3 is 30.2 Å². The number of carbonyl (C=O) groups excluding carboxylic acids is 2. The number of aliphatic hydroxyl groups is 2. The van der Waals surface area contributed by atoms with E-state index in [1.165, 1.54) is 6.92 Å². The van der Waals surface area contributed by atoms with E-state index in [0.29, 0.717) is 47.3 Å². The molecule has 2 atom stereocenters. The lowest BCUT2D eigenvalue weighted by Crippen LogP contribution is -2.37. The number of benzene rings is 2. The predicted molar refractivity (Wildman–Crippen MR) is 146 cm³/mol. The number of aromatic nitrogens is 2. The Morgan fingerprint density at radius 1 is 1.13 bits per heavy atom. The fraction of sp³-hybridized carbons (Fsp3) is 0.393. The maximum absolute atomic E-state index is 12.9. The minimum atomic E-state index is -0.594. The first-order chi connectivity index (χ1) is 18.2. The van der Waals surface area contributed by atoms with Crippen LogP contribution in [0, 0.1) is 0 Å². The Labute approximate surface area is 227 Å². The van der Waals surface area contributed by atoms with Crippen LogP contribution in [0.25, 0.3) is 11.3 Å². The fourth-order valence-electron chi connectivity index (χ4n) is 4.10. The molecule has 4 N–H and O–H groups in total. The van der Waals surface area contributed by atoms with E-state index in [0.717, 1.165) is 17.5 Å². The molecular weight excluding hydrogens is 508 g/mol. The molecule has 10 heteroatoms. The van der Waals surface area contributed by atoms with Gasteiger partial charge in [-0.3, -0.25) is 9.59 Å². The summed E-state index contributed by atoms with van der Waals surface area (Å²) in [5, 5.41) is 25.3. The average molecular weight is 543 g/mol. The van der Waals surface area contributed by atoms with Crippen molar-refractivity contribution in [3.63, 3.8) is 0 Å². The zero-order chi connectivity index (χ0) is 27.7. The number of amides is 2. The minimum Gasteiger partial charge on any atom is -0.492 e. The van der Waals surface area contributed by atoms with Gasteiger partial charge in [0.05, 0.1) is 23.9 Å². The lowest BCUT2D eigenvalue weighted by Gasteiger charge is -2.18. The largest absolute Gasteiger partial charge is 0.492 e. The Kier molecular flexibility index (Phi) is 10.7. The molecule has 0 saturated heterocycles. The van der Waals surface area contributed by atoms with Gasteiger partial charge in [-0.1, -0.05) is 42.8 Å². The number of hydrogen-bond acceptors (Lipinski definition) is 6. The molecule has 0 aliphatic heterocycles. The van der Waals surface area contributed by atoms with Crippen LogP contribution in [0.5, 0.6) is 5.75 Å². The summed E-state index contributed by atoms with van der Waals surface area (Å²) in [5.41, 5.74) is 2.99. The second-order valence-corrected chi connectivity index (χ2v) is 9.52. The number of rotatable bonds is 13. The molecule has 204 valence electrons. The number of halogens is 1. The van der Waals surface area contributed by atoms with Gasteiger partial charge in [0, 0.05) is 43.9 Å². The van der Waals surface area contributed by atoms with Crippen LogP contribution in [0.2, 0.25) is 5.02 Å². The smallest absolute Gasteiger partial charge is 0.251 e. The van der Waals surface area contributed by atoms with Crippen molar-refractivity contribution in [2.24, 2.45) is 7.05 Å². The molecule has 38 heavy (non-hydrogen) atoms. The second-order valence-electron chi connectivity index (χ2n) is 9.11. The van der Waals surface area contributed by atoms with Crippen molar-refractivity contribution in [2.45, 2.75) is 45.2 Å². The highest BCUT2D eigenvalue weighted by atomic mass is 35.5. The highest BCUT2D eigenvalue weighted by Crippen LogP contribution is 2.26. The maximum Gasteiger partial charge on any atom is 0.251 e. The molecule has 0 radical (unpaired) electrons. The van der Waals surface area contributed by atoms with Gasteiger partial charge in [-0.05, 0) is 43.0 Å². The summed E-state index contributed by atoms with van der Waals surface area (Å²) in [7, 11) is 1.81. The third-order valence-electron chi connectivity index (χ3n) is 5.98. The van der Waals surface area contributed by atoms with Crippen molar-refractivity contribution in [1.29, 1.82) is 0 Å². The molecule has 3 rings (SSSR count). The van der Waals surface area contributed by atoms with Crippen LogP contribution < -0.4 is 15.4 Å². The summed E-state index contributed by atoms with van der Waals surface area (Å²) in [6, 6.07) is 11.8. The first-order valence-corrected chi connectivity index (χ1v) is 13.0. The fourth-order valence-corrected chi connectivity index (χ4v) is 4.33. The van der Waals surface area contributed by atoms with E-state index < -0.39 is 6.04 Å². The van der Waals surface area contributed by atoms with E-state index in [9.17, 15) is 19.8 Å². The molecule has 0 spiro atoms. The minimum absolute atomic E-state index is 0.0649. The van der Waals surface area contributed by atoms with Crippen LogP contribution in [0.3, 0.4) is 0 Å². The third-order valence-corrected chi connectivity index (χ3v) is 6.28. The summed E-state index contributed by atoms with van der Waals surface area (Å²) in [6.07, 6.45) is 3.62. The SMILES string of the molecule is CCCOc1ccc(C(=O)N[C@H](CCO)Cc2ccc(-c3cn(C)c([C@H](CO)NC(C)=O)n3)cc2)cc1Cl. The van der Waals surface area contributed by atoms with Crippen molar-refractivity contribution in [1.82, 2.24) is 20.2 Å². The normalized spacial score (nSPS) is 12.6. The summed E-state index contributed by atoms with van der Waals surface area (Å²) in [4.78, 5) is 28.9. The molecule has 9 nitrogen and oxygen atoms in total. The van der Waals surface area contributed by atoms with Crippen LogP contribution in [-0.4, -0.2) is 57.4 Å². The van der Waals surface area contributed by atoms with Gasteiger partial charge in [0.15, 0.2) is 0 Å². The first-order valence-electron chi connectivity index (χ1n) is 12.6. The summed E-state index contributed by atoms with van der Waals surface area (Å²) in [6.45, 7) is 3.62. The molecule has 2 amide bonds. The van der Waals surface area contributed by atoms with Gasteiger partial charge in [-0.15, -0.1) is 0 Å². The number of carbonyl (C=O) groups is 2. The molecule has 2 aromatic carbocycles. The molecule has 3 aromatic rings. The van der Waals surface area contributed by atoms with Gasteiger partial charge in [0.2, 0.25) is 5.91 Å². The lowest BCUT2D eigenvalue weighted by molar-refractivity contribution is -0.120. The van der Waals surface area contributed by atoms with Crippen molar-refractivity contribution < 1.29 is 24.5 Å². The number of aryl methyl sites for hydroxylation is 1. The summed E-state index contributed by atoms with van der Waals surface area (Å²) >= 11 is 6.28. The predicted octanol–water partition coefficient (Wildman–Crippen LogP) is 3.42. The number of aliphatic hydroxyl groups excluding tert-OH is 2. The monoisotopic (exact) mass is 542 g/mol. The Morgan fingerprint density at radius 2 is 1.87 bits per heavy atom. The summed E-state index contributed by atoms with van der Waals surface area (Å²) in [5.74, 6) is 0.572. The van der Waals surface area contributed by atoms with Crippen molar-refractivity contribution in [3.05, 3.63) is 70.6 Å². The quantitative estimate of drug-likeness (QED) is 0.262. The number of nitrogens with one attached hydrogen (secondary N) is 2. The van der Waals surface area contributed by atoms with E-state index in [2.05, 4.69) is 15.6 Å². The molecule has 1 heterocycles.